The molecule has 0 aliphatic rings. The van der Waals surface area contributed by atoms with Gasteiger partial charge in [-0.25, -0.2) is 8.42 Å². The van der Waals surface area contributed by atoms with Crippen molar-refractivity contribution in [1.82, 2.24) is 0 Å². The van der Waals surface area contributed by atoms with Crippen LogP contribution in [0, 0.1) is 0 Å². The maximum atomic E-state index is 11.8. The van der Waals surface area contributed by atoms with Gasteiger partial charge in [-0.3, -0.25) is 14.3 Å². The van der Waals surface area contributed by atoms with Gasteiger partial charge in [-0.1, -0.05) is 15.9 Å². The van der Waals surface area contributed by atoms with Crippen molar-refractivity contribution in [1.29, 1.82) is 0 Å². The van der Waals surface area contributed by atoms with Crippen LogP contribution in [0.15, 0.2) is 24.3 Å². The normalized spacial score (nSPS) is 12.7. The van der Waals surface area contributed by atoms with E-state index in [-0.39, 0.29) is 12.2 Å². The first-order valence-corrected chi connectivity index (χ1v) is 7.97. The fourth-order valence-corrected chi connectivity index (χ4v) is 2.45. The Morgan fingerprint density at radius 2 is 1.84 bits per heavy atom. The summed E-state index contributed by atoms with van der Waals surface area (Å²) in [6.07, 6.45) is 0.704. The lowest BCUT2D eigenvalue weighted by molar-refractivity contribution is -0.136. The number of carbonyl (C=O) groups is 2. The molecule has 0 aromatic heterocycles. The van der Waals surface area contributed by atoms with Crippen molar-refractivity contribution in [2.75, 3.05) is 11.0 Å². The average Bonchev–Trinajstić information content (AvgIpc) is 2.26. The molecule has 8 heteroatoms. The number of sulfonamides is 1. The van der Waals surface area contributed by atoms with E-state index in [1.165, 1.54) is 24.3 Å². The minimum Gasteiger partial charge on any atom is -0.481 e. The molecule has 0 fully saturated rings. The van der Waals surface area contributed by atoms with Crippen molar-refractivity contribution in [3.8, 4) is 0 Å². The molecule has 0 saturated carbocycles. The lowest BCUT2D eigenvalue weighted by atomic mass is 10.1. The molecule has 1 rings (SSSR count). The van der Waals surface area contributed by atoms with Crippen LogP contribution >= 0.6 is 15.9 Å². The summed E-state index contributed by atoms with van der Waals surface area (Å²) in [4.78, 5) is 21.5. The second-order valence-electron chi connectivity index (χ2n) is 3.88. The SMILES string of the molecule is CS(=O)(=O)Nc1ccc(C(=O)C(Br)CC(=O)O)cc1. The Morgan fingerprint density at radius 3 is 2.26 bits per heavy atom. The number of alkyl halides is 1. The third kappa shape index (κ3) is 5.39. The van der Waals surface area contributed by atoms with Gasteiger partial charge >= 0.3 is 5.97 Å². The number of carboxylic acid groups (broad SMARTS) is 1. The van der Waals surface area contributed by atoms with Gasteiger partial charge in [0.2, 0.25) is 10.0 Å². The van der Waals surface area contributed by atoms with E-state index >= 15 is 0 Å². The number of benzene rings is 1. The molecule has 0 radical (unpaired) electrons. The zero-order chi connectivity index (χ0) is 14.6. The number of nitrogens with one attached hydrogen (secondary N) is 1. The molecule has 1 aromatic carbocycles. The zero-order valence-electron chi connectivity index (χ0n) is 9.96. The van der Waals surface area contributed by atoms with Crippen molar-refractivity contribution in [2.45, 2.75) is 11.2 Å². The van der Waals surface area contributed by atoms with E-state index in [0.29, 0.717) is 11.3 Å². The van der Waals surface area contributed by atoms with Gasteiger partial charge in [0.05, 0.1) is 17.5 Å². The fraction of sp³-hybridized carbons (Fsp3) is 0.273. The molecule has 0 saturated heterocycles. The molecule has 0 amide bonds. The summed E-state index contributed by atoms with van der Waals surface area (Å²) in [5.74, 6) is -1.45. The topological polar surface area (TPSA) is 101 Å². The third-order valence-corrected chi connectivity index (χ3v) is 3.46. The van der Waals surface area contributed by atoms with E-state index < -0.39 is 20.8 Å². The molecule has 1 aromatic rings. The van der Waals surface area contributed by atoms with E-state index in [1.54, 1.807) is 0 Å². The van der Waals surface area contributed by atoms with Gasteiger partial charge in [0, 0.05) is 11.3 Å². The number of carboxylic acids is 1. The third-order valence-electron chi connectivity index (χ3n) is 2.11. The van der Waals surface area contributed by atoms with Gasteiger partial charge in [-0.05, 0) is 24.3 Å². The van der Waals surface area contributed by atoms with Crippen LogP contribution < -0.4 is 4.72 Å². The van der Waals surface area contributed by atoms with Gasteiger partial charge in [0.15, 0.2) is 5.78 Å². The van der Waals surface area contributed by atoms with Crippen LogP contribution in [0.2, 0.25) is 0 Å². The standard InChI is InChI=1S/C11H12BrNO5S/c1-19(17,18)13-8-4-2-7(3-5-8)11(16)9(12)6-10(14)15/h2-5,9,13H,6H2,1H3,(H,14,15). The van der Waals surface area contributed by atoms with Gasteiger partial charge in [-0.15, -0.1) is 0 Å². The van der Waals surface area contributed by atoms with Crippen molar-refractivity contribution in [3.63, 3.8) is 0 Å². The Balaban J connectivity index is 2.81. The predicted molar refractivity (Wildman–Crippen MR) is 74.2 cm³/mol. The Labute approximate surface area is 119 Å². The van der Waals surface area contributed by atoms with E-state index in [9.17, 15) is 18.0 Å². The van der Waals surface area contributed by atoms with E-state index in [2.05, 4.69) is 20.7 Å². The molecule has 1 atom stereocenters. The monoisotopic (exact) mass is 349 g/mol. The van der Waals surface area contributed by atoms with Crippen LogP contribution in [0.3, 0.4) is 0 Å². The van der Waals surface area contributed by atoms with Crippen LogP contribution in [0.1, 0.15) is 16.8 Å². The maximum Gasteiger partial charge on any atom is 0.304 e. The van der Waals surface area contributed by atoms with Gasteiger partial charge in [0.1, 0.15) is 0 Å². The van der Waals surface area contributed by atoms with Crippen LogP contribution in [-0.2, 0) is 14.8 Å². The summed E-state index contributed by atoms with van der Waals surface area (Å²) in [7, 11) is -3.36. The summed E-state index contributed by atoms with van der Waals surface area (Å²) >= 11 is 3.01. The summed E-state index contributed by atoms with van der Waals surface area (Å²) in [6, 6.07) is 5.75. The van der Waals surface area contributed by atoms with Gasteiger partial charge < -0.3 is 5.11 Å². The average molecular weight is 350 g/mol. The first-order chi connectivity index (χ1) is 8.69. The number of rotatable bonds is 6. The molecule has 6 nitrogen and oxygen atoms in total. The largest absolute Gasteiger partial charge is 0.481 e. The molecular formula is C11H12BrNO5S. The number of hydrogen-bond acceptors (Lipinski definition) is 4. The molecule has 0 bridgehead atoms. The molecular weight excluding hydrogens is 338 g/mol. The van der Waals surface area contributed by atoms with Crippen LogP contribution in [-0.4, -0.2) is 36.4 Å². The quantitative estimate of drug-likeness (QED) is 0.598. The number of hydrogen-bond donors (Lipinski definition) is 2. The highest BCUT2D eigenvalue weighted by molar-refractivity contribution is 9.10. The number of carbonyl (C=O) groups excluding carboxylic acids is 1. The summed E-state index contributed by atoms with van der Waals surface area (Å²) < 4.78 is 24.3. The highest BCUT2D eigenvalue weighted by atomic mass is 79.9. The molecule has 0 heterocycles. The molecule has 104 valence electrons. The Hall–Kier alpha value is -1.41. The van der Waals surface area contributed by atoms with Gasteiger partial charge in [-0.2, -0.15) is 0 Å². The second-order valence-corrected chi connectivity index (χ2v) is 6.74. The number of halogens is 1. The molecule has 1 unspecified atom stereocenters. The number of anilines is 1. The molecule has 2 N–H and O–H groups in total. The first-order valence-electron chi connectivity index (χ1n) is 5.17. The minimum absolute atomic E-state index is 0.308. The number of ketones is 1. The van der Waals surface area contributed by atoms with Crippen LogP contribution in [0.4, 0.5) is 5.69 Å². The summed E-state index contributed by atoms with van der Waals surface area (Å²) in [6.45, 7) is 0. The highest BCUT2D eigenvalue weighted by Crippen LogP contribution is 2.16. The summed E-state index contributed by atoms with van der Waals surface area (Å²) in [5, 5.41) is 8.59. The molecule has 0 aliphatic heterocycles. The molecule has 0 spiro atoms. The van der Waals surface area contributed by atoms with Crippen molar-refractivity contribution in [2.24, 2.45) is 0 Å². The minimum atomic E-state index is -3.36. The van der Waals surface area contributed by atoms with Crippen molar-refractivity contribution in [3.05, 3.63) is 29.8 Å². The zero-order valence-corrected chi connectivity index (χ0v) is 12.4. The Kier molecular flexibility index (Phi) is 5.07. The first kappa shape index (κ1) is 15.6. The lowest BCUT2D eigenvalue weighted by Gasteiger charge is -2.08. The lowest BCUT2D eigenvalue weighted by Crippen LogP contribution is -2.18. The highest BCUT2D eigenvalue weighted by Gasteiger charge is 2.19. The summed E-state index contributed by atoms with van der Waals surface area (Å²) in [5.41, 5.74) is 0.644. The fourth-order valence-electron chi connectivity index (χ4n) is 1.34. The number of aliphatic carboxylic acids is 1. The van der Waals surface area contributed by atoms with E-state index in [4.69, 9.17) is 5.11 Å². The van der Waals surface area contributed by atoms with E-state index in [0.717, 1.165) is 6.26 Å². The Bertz CT molecular complexity index is 582. The second kappa shape index (κ2) is 6.16. The van der Waals surface area contributed by atoms with Crippen LogP contribution in [0.5, 0.6) is 0 Å². The Morgan fingerprint density at radius 1 is 1.32 bits per heavy atom. The molecule has 0 aliphatic carbocycles. The predicted octanol–water partition coefficient (Wildman–Crippen LogP) is 1.48. The van der Waals surface area contributed by atoms with Crippen molar-refractivity contribution < 1.29 is 23.1 Å². The van der Waals surface area contributed by atoms with Gasteiger partial charge in [0.25, 0.3) is 0 Å². The number of Topliss-reactive ketones (excluding diaryl/α,β-unsaturated/α-hetero) is 1. The smallest absolute Gasteiger partial charge is 0.304 e. The van der Waals surface area contributed by atoms with Crippen LogP contribution in [0.25, 0.3) is 0 Å². The maximum absolute atomic E-state index is 11.8. The van der Waals surface area contributed by atoms with E-state index in [1.807, 2.05) is 0 Å². The van der Waals surface area contributed by atoms with Crippen molar-refractivity contribution >= 4 is 43.4 Å². The molecule has 19 heavy (non-hydrogen) atoms.